The molecule has 0 unspecified atom stereocenters. The normalized spacial score (nSPS) is 10.5. The summed E-state index contributed by atoms with van der Waals surface area (Å²) in [5, 5.41) is 9.16. The van der Waals surface area contributed by atoms with Crippen molar-refractivity contribution in [1.29, 1.82) is 0 Å². The van der Waals surface area contributed by atoms with E-state index in [0.717, 1.165) is 53.4 Å². The van der Waals surface area contributed by atoms with E-state index in [1.165, 1.54) is 22.4 Å². The Morgan fingerprint density at radius 1 is 0.706 bits per heavy atom. The van der Waals surface area contributed by atoms with Crippen LogP contribution >= 0.6 is 58.3 Å². The summed E-state index contributed by atoms with van der Waals surface area (Å²) < 4.78 is 5.11. The van der Waals surface area contributed by atoms with Gasteiger partial charge >= 0.3 is 6.09 Å². The Morgan fingerprint density at radius 3 is 1.41 bits per heavy atom. The zero-order chi connectivity index (χ0) is 36.9. The number of nitrogens with zero attached hydrogens (tertiary/aromatic N) is 2. The van der Waals surface area contributed by atoms with Crippen molar-refractivity contribution in [3.05, 3.63) is 103 Å². The highest BCUT2D eigenvalue weighted by atomic mass is 35.5. The number of hydrogen-bond acceptors (Lipinski definition) is 9. The minimum Gasteiger partial charge on any atom is -0.444 e. The molecule has 0 saturated heterocycles. The lowest BCUT2D eigenvalue weighted by atomic mass is 10.0. The van der Waals surface area contributed by atoms with Crippen LogP contribution in [0.3, 0.4) is 0 Å². The van der Waals surface area contributed by atoms with Gasteiger partial charge in [-0.1, -0.05) is 48.5 Å². The van der Waals surface area contributed by atoms with E-state index in [1.807, 2.05) is 13.8 Å². The van der Waals surface area contributed by atoms with Gasteiger partial charge in [0, 0.05) is 23.6 Å². The van der Waals surface area contributed by atoms with E-state index in [0.29, 0.717) is 19.3 Å². The number of nitrogens with two attached hydrogens (primary N) is 1. The predicted octanol–water partition coefficient (Wildman–Crippen LogP) is 8.80. The van der Waals surface area contributed by atoms with Gasteiger partial charge in [-0.3, -0.25) is 9.59 Å². The summed E-state index contributed by atoms with van der Waals surface area (Å²) in [6, 6.07) is 16.8. The number of halogens is 3. The summed E-state index contributed by atoms with van der Waals surface area (Å²) in [6.07, 6.45) is 5.71. The predicted molar refractivity (Wildman–Crippen MR) is 215 cm³/mol. The second kappa shape index (κ2) is 25.2. The number of amides is 1. The van der Waals surface area contributed by atoms with Crippen molar-refractivity contribution in [2.24, 2.45) is 5.73 Å². The fourth-order valence-corrected chi connectivity index (χ4v) is 5.87. The van der Waals surface area contributed by atoms with Crippen molar-refractivity contribution in [1.82, 2.24) is 15.3 Å². The molecule has 2 heterocycles. The van der Waals surface area contributed by atoms with E-state index < -0.39 is 11.7 Å². The van der Waals surface area contributed by atoms with Gasteiger partial charge in [0.15, 0.2) is 5.78 Å². The van der Waals surface area contributed by atoms with Crippen LogP contribution in [0.2, 0.25) is 0 Å². The van der Waals surface area contributed by atoms with Crippen LogP contribution in [0.25, 0.3) is 0 Å². The molecule has 0 atom stereocenters. The maximum Gasteiger partial charge on any atom is 0.408 e. The van der Waals surface area contributed by atoms with Crippen molar-refractivity contribution in [2.75, 3.05) is 18.4 Å². The van der Waals surface area contributed by atoms with Crippen LogP contribution in [0, 0.1) is 13.8 Å². The van der Waals surface area contributed by atoms with E-state index in [9.17, 15) is 14.4 Å². The molecule has 0 radical (unpaired) electrons. The van der Waals surface area contributed by atoms with Gasteiger partial charge in [0.2, 0.25) is 0 Å². The summed E-state index contributed by atoms with van der Waals surface area (Å²) >= 11 is 12.9. The van der Waals surface area contributed by atoms with Crippen molar-refractivity contribution in [2.45, 2.75) is 91.6 Å². The zero-order valence-electron chi connectivity index (χ0n) is 30.1. The van der Waals surface area contributed by atoms with Gasteiger partial charge in [-0.25, -0.2) is 14.8 Å². The molecule has 1 amide bonds. The molecule has 0 fully saturated rings. The highest BCUT2D eigenvalue weighted by molar-refractivity contribution is 7.09. The van der Waals surface area contributed by atoms with Crippen LogP contribution in [0.15, 0.2) is 59.3 Å². The number of alkyl halides is 2. The minimum absolute atomic E-state index is 0. The number of alkyl carbamates (subject to hydrolysis) is 1. The maximum absolute atomic E-state index is 11.9. The number of hydrogen-bond donors (Lipinski definition) is 2. The molecule has 0 spiro atoms. The number of ketones is 2. The maximum atomic E-state index is 11.9. The molecule has 3 N–H and O–H groups in total. The van der Waals surface area contributed by atoms with Gasteiger partial charge in [-0.2, -0.15) is 0 Å². The van der Waals surface area contributed by atoms with Crippen LogP contribution in [-0.4, -0.2) is 51.7 Å². The fourth-order valence-electron chi connectivity index (χ4n) is 4.58. The molecule has 13 heteroatoms. The molecular formula is C38H51Cl3N4O4S2. The van der Waals surface area contributed by atoms with Gasteiger partial charge in [-0.05, 0) is 95.4 Å². The molecule has 4 rings (SSSR count). The van der Waals surface area contributed by atoms with Gasteiger partial charge in [0.05, 0.1) is 39.8 Å². The monoisotopic (exact) mass is 796 g/mol. The van der Waals surface area contributed by atoms with Gasteiger partial charge in [0.1, 0.15) is 11.4 Å². The third-order valence-corrected chi connectivity index (χ3v) is 8.80. The van der Waals surface area contributed by atoms with Crippen molar-refractivity contribution >= 4 is 75.9 Å². The Kier molecular flexibility index (Phi) is 22.8. The number of aryl methyl sites for hydroxylation is 8. The second-order valence-corrected chi connectivity index (χ2v) is 15.5. The molecule has 0 bridgehead atoms. The molecule has 2 aromatic carbocycles. The smallest absolute Gasteiger partial charge is 0.408 e. The summed E-state index contributed by atoms with van der Waals surface area (Å²) in [5.41, 5.74) is 11.9. The number of carbonyl (C=O) groups excluding carboxylic acids is 3. The lowest BCUT2D eigenvalue weighted by Gasteiger charge is -2.19. The Morgan fingerprint density at radius 2 is 1.08 bits per heavy atom. The molecule has 2 aromatic heterocycles. The summed E-state index contributed by atoms with van der Waals surface area (Å²) in [7, 11) is 0. The Hall–Kier alpha value is -2.86. The minimum atomic E-state index is -0.562. The summed E-state index contributed by atoms with van der Waals surface area (Å²) in [4.78, 5) is 43.6. The molecule has 4 aromatic rings. The summed E-state index contributed by atoms with van der Waals surface area (Å²) in [5.74, 6) is 0.108. The lowest BCUT2D eigenvalue weighted by Crippen LogP contribution is -2.35. The number of nitrogens with one attached hydrogen (secondary N) is 1. The average molecular weight is 798 g/mol. The zero-order valence-corrected chi connectivity index (χ0v) is 34.1. The van der Waals surface area contributed by atoms with Crippen molar-refractivity contribution in [3.8, 4) is 0 Å². The first-order valence-electron chi connectivity index (χ1n) is 16.6. The van der Waals surface area contributed by atoms with Gasteiger partial charge in [0.25, 0.3) is 0 Å². The van der Waals surface area contributed by atoms with Crippen LogP contribution in [-0.2, 0) is 52.9 Å². The first-order chi connectivity index (χ1) is 23.8. The molecule has 8 nitrogen and oxygen atoms in total. The number of carbonyl (C=O) groups is 3. The van der Waals surface area contributed by atoms with E-state index in [1.54, 1.807) is 43.4 Å². The second-order valence-electron chi connectivity index (χ2n) is 12.6. The summed E-state index contributed by atoms with van der Waals surface area (Å²) in [6.45, 7) is 9.56. The average Bonchev–Trinajstić information content (AvgIpc) is 3.71. The van der Waals surface area contributed by atoms with E-state index in [2.05, 4.69) is 74.6 Å². The van der Waals surface area contributed by atoms with Crippen LogP contribution in [0.5, 0.6) is 0 Å². The highest BCUT2D eigenvalue weighted by Crippen LogP contribution is 2.15. The fraction of sp³-hybridized carbons (Fsp3) is 0.447. The number of thiazole rings is 2. The number of rotatable bonds is 15. The van der Waals surface area contributed by atoms with Crippen molar-refractivity contribution < 1.29 is 19.1 Å². The quantitative estimate of drug-likeness (QED) is 0.115. The highest BCUT2D eigenvalue weighted by Gasteiger charge is 2.16. The number of Topliss-reactive ketones (excluding diaryl/α,β-unsaturated/α-hetero) is 2. The number of aromatic nitrogens is 2. The third-order valence-electron chi connectivity index (χ3n) is 7.16. The van der Waals surface area contributed by atoms with Gasteiger partial charge in [-0.15, -0.1) is 58.3 Å². The molecular weight excluding hydrogens is 747 g/mol. The Bertz CT molecular complexity index is 1590. The van der Waals surface area contributed by atoms with Crippen molar-refractivity contribution in [3.63, 3.8) is 0 Å². The SMILES string of the molecule is Cc1nc(CCc2ccc(CCC(=O)CN)cc2)cs1.Cc1nc(CCc2ccc(CCC(=O)CNC(=O)OC(C)(C)C)cc2)cs1.Cl.ClCCl. The van der Waals surface area contributed by atoms with E-state index >= 15 is 0 Å². The number of benzene rings is 2. The first kappa shape index (κ1) is 46.2. The first-order valence-corrected chi connectivity index (χ1v) is 19.4. The molecule has 0 aliphatic heterocycles. The third kappa shape index (κ3) is 21.3. The topological polar surface area (TPSA) is 124 Å². The van der Waals surface area contributed by atoms with Crippen LogP contribution < -0.4 is 11.1 Å². The Balaban J connectivity index is 0.000000481. The molecule has 0 saturated carbocycles. The van der Waals surface area contributed by atoms with Gasteiger partial charge < -0.3 is 15.8 Å². The molecule has 280 valence electrons. The largest absolute Gasteiger partial charge is 0.444 e. The number of ether oxygens (including phenoxy) is 1. The van der Waals surface area contributed by atoms with Crippen LogP contribution in [0.4, 0.5) is 4.79 Å². The Labute approximate surface area is 327 Å². The van der Waals surface area contributed by atoms with E-state index in [-0.39, 0.29) is 42.4 Å². The molecule has 0 aliphatic carbocycles. The molecule has 51 heavy (non-hydrogen) atoms. The van der Waals surface area contributed by atoms with Crippen LogP contribution in [0.1, 0.15) is 77.3 Å². The standard InChI is InChI=1S/C21H28N2O3S.C16H20N2OS.CH2Cl2.ClH/c1-15-23-18(14-27-15)11-9-16-5-7-17(8-6-16)10-12-19(24)13-22-20(25)26-21(2,3)4;1-12-18-15(11-20-12)8-6-13-2-4-14(5-3-13)7-9-16(19)10-17;2-1-3;/h5-8,14H,9-13H2,1-4H3,(H,22,25);2-5,11H,6-10,17H2,1H3;1H2;1H. The lowest BCUT2D eigenvalue weighted by molar-refractivity contribution is -0.118. The molecule has 0 aliphatic rings. The van der Waals surface area contributed by atoms with E-state index in [4.69, 9.17) is 33.7 Å².